The smallest absolute Gasteiger partial charge is 0.318 e. The summed E-state index contributed by atoms with van der Waals surface area (Å²) in [7, 11) is 0. The van der Waals surface area contributed by atoms with Crippen LogP contribution in [0.3, 0.4) is 0 Å². The lowest BCUT2D eigenvalue weighted by atomic mass is 9.97. The van der Waals surface area contributed by atoms with Gasteiger partial charge in [-0.05, 0) is 38.7 Å². The summed E-state index contributed by atoms with van der Waals surface area (Å²) in [5, 5.41) is 6.65. The van der Waals surface area contributed by atoms with E-state index in [0.29, 0.717) is 24.5 Å². The van der Waals surface area contributed by atoms with Gasteiger partial charge in [0, 0.05) is 43.0 Å². The van der Waals surface area contributed by atoms with Gasteiger partial charge in [0.1, 0.15) is 0 Å². The van der Waals surface area contributed by atoms with E-state index in [1.54, 1.807) is 0 Å². The monoisotopic (exact) mass is 407 g/mol. The van der Waals surface area contributed by atoms with Gasteiger partial charge < -0.3 is 20.3 Å². The fourth-order valence-corrected chi connectivity index (χ4v) is 4.62. The second-order valence-electron chi connectivity index (χ2n) is 9.04. The first-order valence-electron chi connectivity index (χ1n) is 10.9. The van der Waals surface area contributed by atoms with Gasteiger partial charge in [-0.2, -0.15) is 0 Å². The number of ether oxygens (including phenoxy) is 1. The van der Waals surface area contributed by atoms with Crippen molar-refractivity contribution in [1.82, 2.24) is 20.2 Å². The third-order valence-corrected chi connectivity index (χ3v) is 6.64. The van der Waals surface area contributed by atoms with E-state index in [2.05, 4.69) is 53.7 Å². The molecule has 3 aliphatic rings. The van der Waals surface area contributed by atoms with Crippen molar-refractivity contribution < 1.29 is 9.53 Å². The van der Waals surface area contributed by atoms with Crippen LogP contribution in [0.2, 0.25) is 0 Å². The molecule has 2 amide bonds. The highest BCUT2D eigenvalue weighted by atomic mass is 16.5. The number of anilines is 1. The average Bonchev–Trinajstić information content (AvgIpc) is 3.46. The van der Waals surface area contributed by atoms with E-state index in [0.717, 1.165) is 43.7 Å². The number of carbonyl (C=O) groups excluding carboxylic acids is 1. The standard InChI is InChI=1S/C23H29N5O2/c1-23(2)18-13-24-21(25-16-8-10-30-11-9-16)26-20(18)14-28(23)22(29)27-19-12-17(19)15-6-4-3-5-7-15/h3-7,13,16-17,19H,8-12,14H2,1-2H3,(H,27,29)(H,24,25,26)/t17?,19-/m1/s1. The Morgan fingerprint density at radius 1 is 1.20 bits per heavy atom. The van der Waals surface area contributed by atoms with E-state index < -0.39 is 5.54 Å². The predicted molar refractivity (Wildman–Crippen MR) is 114 cm³/mol. The average molecular weight is 408 g/mol. The number of hydrogen-bond donors (Lipinski definition) is 2. The predicted octanol–water partition coefficient (Wildman–Crippen LogP) is 3.38. The topological polar surface area (TPSA) is 79.4 Å². The molecule has 0 radical (unpaired) electrons. The normalized spacial score (nSPS) is 24.9. The van der Waals surface area contributed by atoms with Crippen LogP contribution in [0.5, 0.6) is 0 Å². The molecule has 2 aromatic rings. The maximum Gasteiger partial charge on any atom is 0.318 e. The summed E-state index contributed by atoms with van der Waals surface area (Å²) in [6.45, 7) is 6.18. The molecule has 1 saturated heterocycles. The number of fused-ring (bicyclic) bond motifs is 1. The molecule has 1 aromatic carbocycles. The summed E-state index contributed by atoms with van der Waals surface area (Å²) < 4.78 is 5.42. The minimum atomic E-state index is -0.437. The molecule has 7 nitrogen and oxygen atoms in total. The number of hydrogen-bond acceptors (Lipinski definition) is 5. The van der Waals surface area contributed by atoms with Gasteiger partial charge in [-0.15, -0.1) is 0 Å². The molecular formula is C23H29N5O2. The van der Waals surface area contributed by atoms with E-state index in [9.17, 15) is 4.79 Å². The second kappa shape index (κ2) is 7.54. The maximum atomic E-state index is 13.1. The third-order valence-electron chi connectivity index (χ3n) is 6.64. The fraction of sp³-hybridized carbons (Fsp3) is 0.522. The lowest BCUT2D eigenvalue weighted by Crippen LogP contribution is -2.46. The van der Waals surface area contributed by atoms with Crippen molar-refractivity contribution in [2.75, 3.05) is 18.5 Å². The van der Waals surface area contributed by atoms with Crippen LogP contribution in [0, 0.1) is 0 Å². The van der Waals surface area contributed by atoms with Gasteiger partial charge in [0.15, 0.2) is 0 Å². The van der Waals surface area contributed by atoms with Crippen LogP contribution in [0.4, 0.5) is 10.7 Å². The molecule has 0 bridgehead atoms. The highest BCUT2D eigenvalue weighted by Gasteiger charge is 2.45. The lowest BCUT2D eigenvalue weighted by Gasteiger charge is -2.32. The van der Waals surface area contributed by atoms with Crippen molar-refractivity contribution in [3.05, 3.63) is 53.3 Å². The third kappa shape index (κ3) is 3.62. The van der Waals surface area contributed by atoms with Crippen molar-refractivity contribution in [3.8, 4) is 0 Å². The molecule has 158 valence electrons. The van der Waals surface area contributed by atoms with Crippen molar-refractivity contribution in [3.63, 3.8) is 0 Å². The number of benzene rings is 1. The lowest BCUT2D eigenvalue weighted by molar-refractivity contribution is 0.0903. The molecule has 1 aliphatic carbocycles. The Morgan fingerprint density at radius 3 is 2.73 bits per heavy atom. The fourth-order valence-electron chi connectivity index (χ4n) is 4.62. The Balaban J connectivity index is 1.25. The largest absolute Gasteiger partial charge is 0.381 e. The first-order chi connectivity index (χ1) is 14.5. The van der Waals surface area contributed by atoms with Gasteiger partial charge in [-0.25, -0.2) is 14.8 Å². The molecule has 5 rings (SSSR count). The molecule has 2 aliphatic heterocycles. The van der Waals surface area contributed by atoms with Crippen molar-refractivity contribution in [1.29, 1.82) is 0 Å². The van der Waals surface area contributed by atoms with Crippen molar-refractivity contribution in [2.24, 2.45) is 0 Å². The number of nitrogens with one attached hydrogen (secondary N) is 2. The second-order valence-corrected chi connectivity index (χ2v) is 9.04. The molecule has 0 spiro atoms. The minimum Gasteiger partial charge on any atom is -0.381 e. The highest BCUT2D eigenvalue weighted by Crippen LogP contribution is 2.42. The number of nitrogens with zero attached hydrogens (tertiary/aromatic N) is 3. The van der Waals surface area contributed by atoms with Gasteiger partial charge in [0.2, 0.25) is 5.95 Å². The number of rotatable bonds is 4. The van der Waals surface area contributed by atoms with Crippen LogP contribution in [-0.2, 0) is 16.8 Å². The van der Waals surface area contributed by atoms with Crippen LogP contribution in [-0.4, -0.2) is 46.2 Å². The molecule has 2 atom stereocenters. The zero-order valence-electron chi connectivity index (χ0n) is 17.6. The summed E-state index contributed by atoms with van der Waals surface area (Å²) in [5.41, 5.74) is 2.80. The van der Waals surface area contributed by atoms with Crippen molar-refractivity contribution >= 4 is 12.0 Å². The van der Waals surface area contributed by atoms with Gasteiger partial charge in [0.25, 0.3) is 0 Å². The first-order valence-corrected chi connectivity index (χ1v) is 10.9. The van der Waals surface area contributed by atoms with E-state index in [4.69, 9.17) is 9.72 Å². The Hall–Kier alpha value is -2.67. The molecular weight excluding hydrogens is 378 g/mol. The maximum absolute atomic E-state index is 13.1. The summed E-state index contributed by atoms with van der Waals surface area (Å²) in [6.07, 6.45) is 4.80. The molecule has 1 aromatic heterocycles. The Kier molecular flexibility index (Phi) is 4.85. The summed E-state index contributed by atoms with van der Waals surface area (Å²) >= 11 is 0. The molecule has 1 saturated carbocycles. The van der Waals surface area contributed by atoms with Gasteiger partial charge in [0.05, 0.1) is 17.8 Å². The number of amides is 2. The Labute approximate surface area is 177 Å². The molecule has 2 N–H and O–H groups in total. The molecule has 30 heavy (non-hydrogen) atoms. The van der Waals surface area contributed by atoms with Crippen LogP contribution in [0.15, 0.2) is 36.5 Å². The summed E-state index contributed by atoms with van der Waals surface area (Å²) in [6, 6.07) is 10.9. The zero-order chi connectivity index (χ0) is 20.7. The first kappa shape index (κ1) is 19.3. The van der Waals surface area contributed by atoms with Crippen LogP contribution < -0.4 is 10.6 Å². The van der Waals surface area contributed by atoms with Crippen LogP contribution in [0.25, 0.3) is 0 Å². The van der Waals surface area contributed by atoms with Crippen molar-refractivity contribution in [2.45, 2.75) is 63.2 Å². The SMILES string of the molecule is CC1(C)c2cnc(NC3CCOCC3)nc2CN1C(=O)N[C@@H]1CC1c1ccccc1. The quantitative estimate of drug-likeness (QED) is 0.812. The van der Waals surface area contributed by atoms with E-state index >= 15 is 0 Å². The van der Waals surface area contributed by atoms with Crippen LogP contribution >= 0.6 is 0 Å². The van der Waals surface area contributed by atoms with Crippen LogP contribution in [0.1, 0.15) is 55.8 Å². The molecule has 3 heterocycles. The Morgan fingerprint density at radius 2 is 1.97 bits per heavy atom. The van der Waals surface area contributed by atoms with E-state index in [1.165, 1.54) is 5.56 Å². The number of carbonyl (C=O) groups is 1. The summed E-state index contributed by atoms with van der Waals surface area (Å²) in [5.74, 6) is 1.06. The molecule has 2 fully saturated rings. The molecule has 1 unspecified atom stereocenters. The number of urea groups is 1. The Bertz CT molecular complexity index is 926. The van der Waals surface area contributed by atoms with E-state index in [-0.39, 0.29) is 12.1 Å². The molecule has 7 heteroatoms. The van der Waals surface area contributed by atoms with Gasteiger partial charge >= 0.3 is 6.03 Å². The summed E-state index contributed by atoms with van der Waals surface area (Å²) in [4.78, 5) is 24.3. The van der Waals surface area contributed by atoms with E-state index in [1.807, 2.05) is 17.2 Å². The minimum absolute atomic E-state index is 0.0274. The van der Waals surface area contributed by atoms with Gasteiger partial charge in [-0.1, -0.05) is 30.3 Å². The number of aromatic nitrogens is 2. The zero-order valence-corrected chi connectivity index (χ0v) is 17.6. The highest BCUT2D eigenvalue weighted by molar-refractivity contribution is 5.77. The van der Waals surface area contributed by atoms with Gasteiger partial charge in [-0.3, -0.25) is 0 Å².